The molecule has 98 valence electrons. The van der Waals surface area contributed by atoms with Crippen LogP contribution in [0.3, 0.4) is 0 Å². The van der Waals surface area contributed by atoms with Gasteiger partial charge in [-0.1, -0.05) is 23.2 Å². The summed E-state index contributed by atoms with van der Waals surface area (Å²) in [6.45, 7) is 0. The predicted octanol–water partition coefficient (Wildman–Crippen LogP) is 4.99. The van der Waals surface area contributed by atoms with Gasteiger partial charge in [0, 0.05) is 21.8 Å². The molecule has 0 unspecified atom stereocenters. The van der Waals surface area contributed by atoms with Gasteiger partial charge in [0.1, 0.15) is 0 Å². The minimum absolute atomic E-state index is 0.466. The lowest BCUT2D eigenvalue weighted by Crippen LogP contribution is -2.31. The highest BCUT2D eigenvalue weighted by Crippen LogP contribution is 2.28. The topological polar surface area (TPSA) is 32.3 Å². The van der Waals surface area contributed by atoms with Gasteiger partial charge in [-0.05, 0) is 48.5 Å². The van der Waals surface area contributed by atoms with Crippen LogP contribution in [0.4, 0.5) is 16.2 Å². The van der Waals surface area contributed by atoms with Gasteiger partial charge in [0.25, 0.3) is 0 Å². The standard InChI is InChI=1S/C13H9Cl3N2O/c14-9-1-5-11(6-2-9)18(13(19)17-16)12-7-3-10(15)4-8-12/h1-8H,(H,17,19). The minimum atomic E-state index is -0.466. The van der Waals surface area contributed by atoms with Crippen LogP contribution in [0.5, 0.6) is 0 Å². The van der Waals surface area contributed by atoms with Crippen molar-refractivity contribution in [1.29, 1.82) is 0 Å². The van der Waals surface area contributed by atoms with Crippen LogP contribution in [-0.2, 0) is 0 Å². The average molecular weight is 316 g/mol. The van der Waals surface area contributed by atoms with E-state index in [1.165, 1.54) is 4.90 Å². The van der Waals surface area contributed by atoms with Crippen molar-refractivity contribution in [2.24, 2.45) is 0 Å². The number of halogens is 3. The highest BCUT2D eigenvalue weighted by Gasteiger charge is 2.17. The minimum Gasteiger partial charge on any atom is -0.262 e. The molecule has 0 aliphatic heterocycles. The first kappa shape index (κ1) is 14.0. The van der Waals surface area contributed by atoms with Crippen molar-refractivity contribution in [1.82, 2.24) is 4.84 Å². The number of hydrogen-bond donors (Lipinski definition) is 1. The van der Waals surface area contributed by atoms with Gasteiger partial charge in [-0.25, -0.2) is 9.63 Å². The van der Waals surface area contributed by atoms with E-state index >= 15 is 0 Å². The highest BCUT2D eigenvalue weighted by atomic mass is 35.5. The Bertz CT molecular complexity index is 524. The molecule has 0 aromatic heterocycles. The van der Waals surface area contributed by atoms with Gasteiger partial charge in [-0.2, -0.15) is 0 Å². The zero-order valence-electron chi connectivity index (χ0n) is 9.61. The third kappa shape index (κ3) is 3.32. The van der Waals surface area contributed by atoms with Crippen LogP contribution >= 0.6 is 35.0 Å². The number of carbonyl (C=O) groups is 1. The number of benzene rings is 2. The Hall–Kier alpha value is -1.42. The summed E-state index contributed by atoms with van der Waals surface area (Å²) in [5.74, 6) is 0. The third-order valence-electron chi connectivity index (χ3n) is 2.45. The fourth-order valence-electron chi connectivity index (χ4n) is 1.61. The lowest BCUT2D eigenvalue weighted by Gasteiger charge is -2.21. The van der Waals surface area contributed by atoms with Crippen LogP contribution in [0.25, 0.3) is 0 Å². The van der Waals surface area contributed by atoms with E-state index in [1.807, 2.05) is 0 Å². The van der Waals surface area contributed by atoms with E-state index in [4.69, 9.17) is 35.0 Å². The third-order valence-corrected chi connectivity index (χ3v) is 3.12. The Morgan fingerprint density at radius 1 is 0.842 bits per heavy atom. The largest absolute Gasteiger partial charge is 0.341 e. The first-order valence-corrected chi connectivity index (χ1v) is 6.47. The average Bonchev–Trinajstić information content (AvgIpc) is 2.43. The van der Waals surface area contributed by atoms with E-state index in [0.717, 1.165) is 0 Å². The van der Waals surface area contributed by atoms with Crippen molar-refractivity contribution in [3.05, 3.63) is 58.6 Å². The molecule has 0 radical (unpaired) electrons. The Morgan fingerprint density at radius 3 is 1.53 bits per heavy atom. The second-order valence-electron chi connectivity index (χ2n) is 3.69. The normalized spacial score (nSPS) is 10.1. The van der Waals surface area contributed by atoms with Gasteiger partial charge in [0.15, 0.2) is 0 Å². The molecule has 0 fully saturated rings. The molecule has 2 aromatic carbocycles. The predicted molar refractivity (Wildman–Crippen MR) is 79.4 cm³/mol. The summed E-state index contributed by atoms with van der Waals surface area (Å²) in [6.07, 6.45) is 0. The summed E-state index contributed by atoms with van der Waals surface area (Å²) in [4.78, 5) is 15.4. The summed E-state index contributed by atoms with van der Waals surface area (Å²) in [6, 6.07) is 13.2. The molecule has 6 heteroatoms. The molecule has 0 aliphatic carbocycles. The zero-order chi connectivity index (χ0) is 13.8. The number of amides is 2. The molecule has 0 spiro atoms. The van der Waals surface area contributed by atoms with Gasteiger partial charge in [-0.15, -0.1) is 0 Å². The second-order valence-corrected chi connectivity index (χ2v) is 4.75. The van der Waals surface area contributed by atoms with E-state index in [-0.39, 0.29) is 0 Å². The number of rotatable bonds is 2. The van der Waals surface area contributed by atoms with Crippen LogP contribution < -0.4 is 9.74 Å². The molecule has 0 saturated carbocycles. The van der Waals surface area contributed by atoms with E-state index in [0.29, 0.717) is 21.4 Å². The highest BCUT2D eigenvalue weighted by molar-refractivity contribution is 6.31. The smallest absolute Gasteiger partial charge is 0.262 e. The Morgan fingerprint density at radius 2 is 1.21 bits per heavy atom. The lowest BCUT2D eigenvalue weighted by molar-refractivity contribution is 0.253. The fraction of sp³-hybridized carbons (Fsp3) is 0. The maximum Gasteiger partial charge on any atom is 0.341 e. The van der Waals surface area contributed by atoms with Gasteiger partial charge in [0.05, 0.1) is 11.4 Å². The second kappa shape index (κ2) is 6.15. The molecule has 0 aliphatic rings. The number of urea groups is 1. The fourth-order valence-corrected chi connectivity index (χ4v) is 1.94. The lowest BCUT2D eigenvalue weighted by atomic mass is 10.2. The zero-order valence-corrected chi connectivity index (χ0v) is 11.9. The molecule has 0 bridgehead atoms. The summed E-state index contributed by atoms with van der Waals surface area (Å²) in [5.41, 5.74) is 1.29. The molecule has 1 N–H and O–H groups in total. The number of carbonyl (C=O) groups excluding carboxylic acids is 1. The molecule has 0 saturated heterocycles. The molecule has 2 amide bonds. The first-order chi connectivity index (χ1) is 9.11. The molecule has 2 aromatic rings. The van der Waals surface area contributed by atoms with Crippen molar-refractivity contribution in [2.75, 3.05) is 4.90 Å². The maximum absolute atomic E-state index is 11.9. The van der Waals surface area contributed by atoms with Crippen molar-refractivity contribution in [3.63, 3.8) is 0 Å². The first-order valence-electron chi connectivity index (χ1n) is 5.33. The monoisotopic (exact) mass is 314 g/mol. The van der Waals surface area contributed by atoms with Crippen molar-refractivity contribution in [3.8, 4) is 0 Å². The van der Waals surface area contributed by atoms with E-state index in [2.05, 4.69) is 4.84 Å². The molecule has 2 rings (SSSR count). The van der Waals surface area contributed by atoms with Gasteiger partial charge >= 0.3 is 6.03 Å². The molecular formula is C13H9Cl3N2O. The Balaban J connectivity index is 2.44. The summed E-state index contributed by atoms with van der Waals surface area (Å²) in [5, 5.41) is 1.18. The van der Waals surface area contributed by atoms with Crippen LogP contribution in [-0.4, -0.2) is 6.03 Å². The Kier molecular flexibility index (Phi) is 4.53. The molecule has 0 atom stereocenters. The number of nitrogens with one attached hydrogen (secondary N) is 1. The molecule has 19 heavy (non-hydrogen) atoms. The van der Waals surface area contributed by atoms with E-state index < -0.39 is 6.03 Å². The van der Waals surface area contributed by atoms with Crippen LogP contribution in [0, 0.1) is 0 Å². The van der Waals surface area contributed by atoms with E-state index in [9.17, 15) is 4.79 Å². The summed E-state index contributed by atoms with van der Waals surface area (Å²) >= 11 is 17.1. The van der Waals surface area contributed by atoms with Gasteiger partial charge < -0.3 is 0 Å². The van der Waals surface area contributed by atoms with Crippen molar-refractivity contribution < 1.29 is 4.79 Å². The number of hydrogen-bond acceptors (Lipinski definition) is 1. The van der Waals surface area contributed by atoms with Crippen LogP contribution in [0.1, 0.15) is 0 Å². The van der Waals surface area contributed by atoms with Crippen LogP contribution in [0.2, 0.25) is 10.0 Å². The Labute approximate surface area is 125 Å². The molecule has 3 nitrogen and oxygen atoms in total. The summed E-state index contributed by atoms with van der Waals surface area (Å²) in [7, 11) is 0. The van der Waals surface area contributed by atoms with Gasteiger partial charge in [-0.3, -0.25) is 4.90 Å². The summed E-state index contributed by atoms with van der Waals surface area (Å²) < 4.78 is 0. The molecular weight excluding hydrogens is 307 g/mol. The SMILES string of the molecule is O=C(NCl)N(c1ccc(Cl)cc1)c1ccc(Cl)cc1. The van der Waals surface area contributed by atoms with Crippen molar-refractivity contribution in [2.45, 2.75) is 0 Å². The van der Waals surface area contributed by atoms with Crippen LogP contribution in [0.15, 0.2) is 48.5 Å². The van der Waals surface area contributed by atoms with E-state index in [1.54, 1.807) is 48.5 Å². The van der Waals surface area contributed by atoms with Gasteiger partial charge in [0.2, 0.25) is 0 Å². The number of anilines is 2. The molecule has 0 heterocycles. The number of nitrogens with zero attached hydrogens (tertiary/aromatic N) is 1. The quantitative estimate of drug-likeness (QED) is 0.778. The maximum atomic E-state index is 11.9. The van der Waals surface area contributed by atoms with Crippen molar-refractivity contribution >= 4 is 52.4 Å².